The molecule has 0 saturated heterocycles. The molecule has 4 aromatic heterocycles. The monoisotopic (exact) mass is 888 g/mol. The van der Waals surface area contributed by atoms with Crippen molar-refractivity contribution in [2.45, 2.75) is 37.5 Å². The first-order chi connectivity index (χ1) is 23.6. The van der Waals surface area contributed by atoms with E-state index in [1.54, 1.807) is 36.7 Å². The Hall–Kier alpha value is -4.25. The van der Waals surface area contributed by atoms with Gasteiger partial charge >= 0.3 is 0 Å². The van der Waals surface area contributed by atoms with E-state index in [0.29, 0.717) is 47.9 Å². The lowest BCUT2D eigenvalue weighted by Crippen LogP contribution is -2.21. The highest BCUT2D eigenvalue weighted by Gasteiger charge is 2.26. The number of H-pyrrole nitrogens is 1. The van der Waals surface area contributed by atoms with Gasteiger partial charge in [-0.3, -0.25) is 23.7 Å². The van der Waals surface area contributed by atoms with Crippen molar-refractivity contribution in [1.82, 2.24) is 19.5 Å². The molecule has 2 fully saturated rings. The number of hydrogen-bond acceptors (Lipinski definition) is 6. The van der Waals surface area contributed by atoms with Crippen LogP contribution in [0.4, 0.5) is 13.2 Å². The SMILES string of the molecule is O=Cc1c(I)ccnc1-n1ccc2cc(C3CC3)cc(F)c2c1=O.O=Cc1c(I)ccnc1F.O=c1[nH]ccc2cc(C3CC3)cc(F)c12. The van der Waals surface area contributed by atoms with Crippen LogP contribution in [0.1, 0.15) is 69.4 Å². The Labute approximate surface area is 304 Å². The molecule has 2 saturated carbocycles. The number of nitrogens with zero attached hydrogens (tertiary/aromatic N) is 3. The van der Waals surface area contributed by atoms with Crippen LogP contribution >= 0.6 is 45.2 Å². The highest BCUT2D eigenvalue weighted by molar-refractivity contribution is 14.1. The van der Waals surface area contributed by atoms with Crippen LogP contribution < -0.4 is 11.1 Å². The lowest BCUT2D eigenvalue weighted by molar-refractivity contribution is 0.111. The molecule has 8 nitrogen and oxygen atoms in total. The van der Waals surface area contributed by atoms with Gasteiger partial charge in [0.05, 0.1) is 21.9 Å². The number of fused-ring (bicyclic) bond motifs is 2. The first-order valence-electron chi connectivity index (χ1n) is 15.1. The van der Waals surface area contributed by atoms with Crippen molar-refractivity contribution in [2.24, 2.45) is 0 Å². The quantitative estimate of drug-likeness (QED) is 0.107. The third kappa shape index (κ3) is 7.51. The molecule has 8 rings (SSSR count). The van der Waals surface area contributed by atoms with Gasteiger partial charge in [-0.05, 0) is 141 Å². The summed E-state index contributed by atoms with van der Waals surface area (Å²) in [6.07, 6.45) is 11.5. The fraction of sp³-hybridized carbons (Fsp3) is 0.167. The van der Waals surface area contributed by atoms with Crippen LogP contribution in [-0.2, 0) is 0 Å². The van der Waals surface area contributed by atoms with Gasteiger partial charge in [-0.25, -0.2) is 18.7 Å². The molecule has 2 aromatic carbocycles. The van der Waals surface area contributed by atoms with Crippen molar-refractivity contribution in [3.05, 3.63) is 141 Å². The van der Waals surface area contributed by atoms with Crippen molar-refractivity contribution in [1.29, 1.82) is 0 Å². The van der Waals surface area contributed by atoms with E-state index in [1.165, 1.54) is 29.1 Å². The van der Waals surface area contributed by atoms with Crippen molar-refractivity contribution < 1.29 is 22.8 Å². The molecule has 248 valence electrons. The number of carbonyl (C=O) groups excluding carboxylic acids is 2. The number of halogens is 5. The zero-order valence-electron chi connectivity index (χ0n) is 25.4. The molecule has 0 amide bonds. The summed E-state index contributed by atoms with van der Waals surface area (Å²) in [5, 5.41) is 1.47. The summed E-state index contributed by atoms with van der Waals surface area (Å²) in [7, 11) is 0. The van der Waals surface area contributed by atoms with Gasteiger partial charge in [-0.2, -0.15) is 4.39 Å². The van der Waals surface area contributed by atoms with Crippen LogP contribution in [0.2, 0.25) is 0 Å². The number of hydrogen-bond donors (Lipinski definition) is 1. The van der Waals surface area contributed by atoms with E-state index in [-0.39, 0.29) is 27.7 Å². The predicted octanol–water partition coefficient (Wildman–Crippen LogP) is 8.00. The molecule has 0 bridgehead atoms. The molecule has 6 aromatic rings. The smallest absolute Gasteiger partial charge is 0.267 e. The molecule has 13 heteroatoms. The van der Waals surface area contributed by atoms with E-state index in [0.717, 1.165) is 36.8 Å². The zero-order valence-corrected chi connectivity index (χ0v) is 29.7. The van der Waals surface area contributed by atoms with E-state index in [9.17, 15) is 32.3 Å². The second-order valence-corrected chi connectivity index (χ2v) is 13.9. The van der Waals surface area contributed by atoms with Crippen molar-refractivity contribution in [3.8, 4) is 5.82 Å². The summed E-state index contributed by atoms with van der Waals surface area (Å²) < 4.78 is 43.2. The topological polar surface area (TPSA) is 115 Å². The molecule has 0 radical (unpaired) electrons. The van der Waals surface area contributed by atoms with Gasteiger partial charge in [0, 0.05) is 31.9 Å². The average molecular weight is 888 g/mol. The minimum absolute atomic E-state index is 0.0272. The summed E-state index contributed by atoms with van der Waals surface area (Å²) >= 11 is 3.88. The first-order valence-corrected chi connectivity index (χ1v) is 17.3. The van der Waals surface area contributed by atoms with Crippen LogP contribution in [0.25, 0.3) is 27.4 Å². The van der Waals surface area contributed by atoms with Gasteiger partial charge < -0.3 is 4.98 Å². The molecule has 0 atom stereocenters. The summed E-state index contributed by atoms with van der Waals surface area (Å²) in [6.45, 7) is 0. The van der Waals surface area contributed by atoms with E-state index in [2.05, 4.69) is 15.0 Å². The van der Waals surface area contributed by atoms with Gasteiger partial charge in [-0.15, -0.1) is 0 Å². The molecule has 49 heavy (non-hydrogen) atoms. The maximum atomic E-state index is 14.5. The summed E-state index contributed by atoms with van der Waals surface area (Å²) in [5.41, 5.74) is 1.44. The van der Waals surface area contributed by atoms with Gasteiger partial charge in [0.25, 0.3) is 11.1 Å². The van der Waals surface area contributed by atoms with Gasteiger partial charge in [-0.1, -0.05) is 12.1 Å². The number of benzene rings is 2. The maximum absolute atomic E-state index is 14.5. The van der Waals surface area contributed by atoms with E-state index in [1.807, 2.05) is 57.3 Å². The second-order valence-electron chi connectivity index (χ2n) is 11.5. The lowest BCUT2D eigenvalue weighted by atomic mass is 10.0. The Bertz CT molecular complexity index is 2350. The molecule has 4 heterocycles. The van der Waals surface area contributed by atoms with Crippen LogP contribution in [0.5, 0.6) is 0 Å². The van der Waals surface area contributed by atoms with E-state index >= 15 is 0 Å². The Balaban J connectivity index is 0.000000142. The molecule has 1 N–H and O–H groups in total. The van der Waals surface area contributed by atoms with Crippen LogP contribution in [0.15, 0.2) is 82.9 Å². The fourth-order valence-electron chi connectivity index (χ4n) is 5.39. The Morgan fingerprint density at radius 2 is 1.29 bits per heavy atom. The van der Waals surface area contributed by atoms with Crippen LogP contribution in [0, 0.1) is 24.7 Å². The van der Waals surface area contributed by atoms with E-state index < -0.39 is 23.1 Å². The zero-order chi connectivity index (χ0) is 34.8. The van der Waals surface area contributed by atoms with Crippen molar-refractivity contribution in [3.63, 3.8) is 0 Å². The largest absolute Gasteiger partial charge is 0.328 e. The number of aldehydes is 2. The molecule has 2 aliphatic rings. The van der Waals surface area contributed by atoms with Gasteiger partial charge in [0.1, 0.15) is 11.6 Å². The molecule has 2 aliphatic carbocycles. The van der Waals surface area contributed by atoms with Crippen molar-refractivity contribution >= 4 is 79.3 Å². The molecule has 0 aliphatic heterocycles. The summed E-state index contributed by atoms with van der Waals surface area (Å²) in [4.78, 5) is 55.6. The molecule has 0 unspecified atom stereocenters. The predicted molar refractivity (Wildman–Crippen MR) is 196 cm³/mol. The Kier molecular flexibility index (Phi) is 10.4. The fourth-order valence-corrected chi connectivity index (χ4v) is 6.43. The second kappa shape index (κ2) is 14.7. The minimum atomic E-state index is -0.707. The number of aromatic amines is 1. The Morgan fingerprint density at radius 1 is 0.735 bits per heavy atom. The normalized spacial score (nSPS) is 13.7. The minimum Gasteiger partial charge on any atom is -0.328 e. The molecule has 0 spiro atoms. The van der Waals surface area contributed by atoms with Gasteiger partial charge in [0.2, 0.25) is 5.95 Å². The van der Waals surface area contributed by atoms with Crippen LogP contribution in [-0.4, -0.2) is 32.1 Å². The lowest BCUT2D eigenvalue weighted by Gasteiger charge is -2.11. The summed E-state index contributed by atoms with van der Waals surface area (Å²) in [5.74, 6) is -0.506. The number of nitrogens with one attached hydrogen (secondary N) is 1. The third-order valence-corrected chi connectivity index (χ3v) is 10.1. The highest BCUT2D eigenvalue weighted by atomic mass is 127. The number of carbonyl (C=O) groups is 2. The highest BCUT2D eigenvalue weighted by Crippen LogP contribution is 2.42. The average Bonchev–Trinajstić information content (AvgIpc) is 3.99. The van der Waals surface area contributed by atoms with Crippen LogP contribution in [0.3, 0.4) is 0 Å². The Morgan fingerprint density at radius 3 is 1.84 bits per heavy atom. The first kappa shape index (κ1) is 34.6. The summed E-state index contributed by atoms with van der Waals surface area (Å²) in [6, 6.07) is 13.4. The van der Waals surface area contributed by atoms with E-state index in [4.69, 9.17) is 0 Å². The van der Waals surface area contributed by atoms with Gasteiger partial charge in [0.15, 0.2) is 18.4 Å². The number of pyridine rings is 4. The maximum Gasteiger partial charge on any atom is 0.267 e. The standard InChI is InChI=1S/C18H12FIN2O2.C12H10FNO.C6H3FINO/c19-14-8-12(10-1-2-10)7-11-4-6-22(18(24)16(11)14)17-13(9-23)15(20)3-5-21-17;13-10-6-9(7-1-2-7)5-8-3-4-14-12(15)11(8)10;7-6-4(3-10)5(8)1-2-9-6/h3-10H,1-2H2;3-7H,1-2H2,(H,14,15);1-3H. The van der Waals surface area contributed by atoms with Crippen molar-refractivity contribution in [2.75, 3.05) is 0 Å². The third-order valence-electron chi connectivity index (χ3n) is 8.19. The number of rotatable bonds is 5. The molecular weight excluding hydrogens is 863 g/mol. The number of aromatic nitrogens is 4. The molecular formula is C36H25F3I2N4O4.